The number of nitrogens with zero attached hydrogens (tertiary/aromatic N) is 2. The van der Waals surface area contributed by atoms with Gasteiger partial charge in [-0.15, -0.1) is 0 Å². The first kappa shape index (κ1) is 29.7. The van der Waals surface area contributed by atoms with E-state index in [9.17, 15) is 9.36 Å². The van der Waals surface area contributed by atoms with E-state index in [4.69, 9.17) is 32.7 Å². The van der Waals surface area contributed by atoms with Crippen molar-refractivity contribution >= 4 is 13.5 Å². The van der Waals surface area contributed by atoms with E-state index in [2.05, 4.69) is 15.3 Å². The summed E-state index contributed by atoms with van der Waals surface area (Å²) in [5.74, 6) is 0.446. The molecule has 0 aliphatic carbocycles. The molecular formula is C26H32N3O9P. The Morgan fingerprint density at radius 2 is 1.36 bits per heavy atom. The first-order chi connectivity index (χ1) is 18.8. The molecule has 0 aliphatic rings. The second-order valence-electron chi connectivity index (χ2n) is 7.72. The average Bonchev–Trinajstić information content (AvgIpc) is 2.95. The van der Waals surface area contributed by atoms with Gasteiger partial charge in [0.1, 0.15) is 17.2 Å². The van der Waals surface area contributed by atoms with E-state index in [0.29, 0.717) is 22.8 Å². The molecule has 0 spiro atoms. The summed E-state index contributed by atoms with van der Waals surface area (Å²) in [4.78, 5) is 21.1. The van der Waals surface area contributed by atoms with Gasteiger partial charge in [-0.25, -0.2) is 0 Å². The molecule has 1 unspecified atom stereocenters. The molecule has 1 N–H and O–H groups in total. The van der Waals surface area contributed by atoms with E-state index in [1.807, 2.05) is 0 Å². The number of carbonyl (C=O) groups excluding carboxylic acids is 1. The fourth-order valence-corrected chi connectivity index (χ4v) is 5.30. The number of methoxy groups -OCH3 is 3. The van der Waals surface area contributed by atoms with Crippen LogP contribution in [-0.4, -0.2) is 57.0 Å². The van der Waals surface area contributed by atoms with E-state index in [-0.39, 0.29) is 37.6 Å². The van der Waals surface area contributed by atoms with Crippen molar-refractivity contribution in [2.75, 3.05) is 41.2 Å². The highest BCUT2D eigenvalue weighted by atomic mass is 31.2. The number of rotatable bonds is 15. The summed E-state index contributed by atoms with van der Waals surface area (Å²) >= 11 is 0. The zero-order valence-corrected chi connectivity index (χ0v) is 23.3. The normalized spacial score (nSPS) is 11.8. The van der Waals surface area contributed by atoms with Gasteiger partial charge in [0.05, 0.1) is 40.6 Å². The van der Waals surface area contributed by atoms with Crippen LogP contribution < -0.4 is 29.0 Å². The highest BCUT2D eigenvalue weighted by Crippen LogP contribution is 2.59. The number of amides is 1. The zero-order valence-electron chi connectivity index (χ0n) is 22.4. The number of nitrogens with one attached hydrogen (secondary N) is 1. The van der Waals surface area contributed by atoms with Gasteiger partial charge < -0.3 is 38.0 Å². The van der Waals surface area contributed by atoms with Gasteiger partial charge in [0, 0.05) is 0 Å². The van der Waals surface area contributed by atoms with Gasteiger partial charge in [0.15, 0.2) is 12.4 Å². The molecule has 1 heterocycles. The molecule has 210 valence electrons. The predicted molar refractivity (Wildman–Crippen MR) is 142 cm³/mol. The van der Waals surface area contributed by atoms with Crippen LogP contribution in [-0.2, 0) is 18.4 Å². The second kappa shape index (κ2) is 14.3. The summed E-state index contributed by atoms with van der Waals surface area (Å²) in [6, 6.07) is 14.8. The fourth-order valence-electron chi connectivity index (χ4n) is 3.37. The van der Waals surface area contributed by atoms with Crippen molar-refractivity contribution in [3.63, 3.8) is 0 Å². The van der Waals surface area contributed by atoms with E-state index >= 15 is 0 Å². The molecule has 0 saturated carbocycles. The number of carbonyl (C=O) groups is 1. The summed E-state index contributed by atoms with van der Waals surface area (Å²) in [5, 5.41) is 2.73. The molecule has 39 heavy (non-hydrogen) atoms. The molecule has 0 fully saturated rings. The molecule has 0 bridgehead atoms. The maximum atomic E-state index is 13.6. The summed E-state index contributed by atoms with van der Waals surface area (Å²) in [6.07, 6.45) is 0. The molecule has 12 nitrogen and oxygen atoms in total. The number of aromatic nitrogens is 2. The van der Waals surface area contributed by atoms with Crippen molar-refractivity contribution in [3.05, 3.63) is 60.2 Å². The lowest BCUT2D eigenvalue weighted by Crippen LogP contribution is -2.33. The van der Waals surface area contributed by atoms with Gasteiger partial charge in [0.2, 0.25) is 11.8 Å². The lowest BCUT2D eigenvalue weighted by atomic mass is 10.2. The molecule has 1 amide bonds. The predicted octanol–water partition coefficient (Wildman–Crippen LogP) is 4.75. The van der Waals surface area contributed by atoms with Crippen molar-refractivity contribution in [2.45, 2.75) is 19.6 Å². The minimum Gasteiger partial charge on any atom is -0.497 e. The Morgan fingerprint density at radius 1 is 0.821 bits per heavy atom. The molecule has 0 saturated heterocycles. The lowest BCUT2D eigenvalue weighted by molar-refractivity contribution is -0.123. The molecule has 3 aromatic rings. The second-order valence-corrected chi connectivity index (χ2v) is 9.83. The molecule has 3 rings (SSSR count). The van der Waals surface area contributed by atoms with E-state index in [1.54, 1.807) is 69.5 Å². The maximum absolute atomic E-state index is 13.6. The van der Waals surface area contributed by atoms with Crippen molar-refractivity contribution in [2.24, 2.45) is 0 Å². The number of hydrogen-bond acceptors (Lipinski definition) is 11. The molecule has 2 aromatic carbocycles. The molecule has 1 atom stereocenters. The largest absolute Gasteiger partial charge is 0.497 e. The van der Waals surface area contributed by atoms with Gasteiger partial charge in [0.25, 0.3) is 5.91 Å². The SMILES string of the molecule is CCOP(=O)(OCC)C(NC(=O)COc1ccc(Oc2nc(OC)cc(OC)n2)cc1)c1ccc(OC)cc1. The lowest BCUT2D eigenvalue weighted by Gasteiger charge is -2.27. The van der Waals surface area contributed by atoms with E-state index in [1.165, 1.54) is 20.3 Å². The van der Waals surface area contributed by atoms with Gasteiger partial charge in [-0.05, 0) is 55.8 Å². The Morgan fingerprint density at radius 3 is 1.87 bits per heavy atom. The van der Waals surface area contributed by atoms with Crippen LogP contribution in [0.5, 0.6) is 35.0 Å². The summed E-state index contributed by atoms with van der Waals surface area (Å²) in [7, 11) is 0.733. The van der Waals surface area contributed by atoms with Crippen LogP contribution in [0.4, 0.5) is 0 Å². The quantitative estimate of drug-likeness (QED) is 0.257. The van der Waals surface area contributed by atoms with E-state index < -0.39 is 19.3 Å². The highest BCUT2D eigenvalue weighted by Gasteiger charge is 2.38. The summed E-state index contributed by atoms with van der Waals surface area (Å²) in [6.45, 7) is 3.33. The van der Waals surface area contributed by atoms with Crippen molar-refractivity contribution in [3.8, 4) is 35.0 Å². The first-order valence-corrected chi connectivity index (χ1v) is 13.6. The Kier molecular flexibility index (Phi) is 10.9. The Hall–Kier alpha value is -3.86. The van der Waals surface area contributed by atoms with Gasteiger partial charge in [-0.1, -0.05) is 12.1 Å². The minimum atomic E-state index is -3.75. The Balaban J connectivity index is 1.67. The average molecular weight is 562 g/mol. The standard InChI is InChI=1S/C26H32N3O9P/c1-6-36-39(31,37-7-2)25(18-8-10-19(32-3)11-9-18)27-22(30)17-35-20-12-14-21(15-13-20)38-26-28-23(33-4)16-24(29-26)34-5/h8-16,25H,6-7,17H2,1-5H3,(H,27,30). The molecular weight excluding hydrogens is 529 g/mol. The first-order valence-electron chi connectivity index (χ1n) is 12.0. The van der Waals surface area contributed by atoms with Gasteiger partial charge >= 0.3 is 13.6 Å². The Labute approximate surface area is 227 Å². The van der Waals surface area contributed by atoms with Gasteiger partial charge in [-0.3, -0.25) is 9.36 Å². The smallest absolute Gasteiger partial charge is 0.357 e. The van der Waals surface area contributed by atoms with Crippen LogP contribution >= 0.6 is 7.60 Å². The van der Waals surface area contributed by atoms with Crippen molar-refractivity contribution in [1.29, 1.82) is 0 Å². The third-order valence-electron chi connectivity index (χ3n) is 5.14. The van der Waals surface area contributed by atoms with Crippen molar-refractivity contribution in [1.82, 2.24) is 15.3 Å². The van der Waals surface area contributed by atoms with Crippen LogP contribution in [0.3, 0.4) is 0 Å². The Bertz CT molecular complexity index is 1220. The third-order valence-corrected chi connectivity index (χ3v) is 7.44. The maximum Gasteiger partial charge on any atom is 0.357 e. The molecule has 0 aliphatic heterocycles. The topological polar surface area (TPSA) is 137 Å². The van der Waals surface area contributed by atoms with Crippen LogP contribution in [0.1, 0.15) is 25.2 Å². The summed E-state index contributed by atoms with van der Waals surface area (Å²) in [5.41, 5.74) is 0.535. The van der Waals surface area contributed by atoms with E-state index in [0.717, 1.165) is 0 Å². The van der Waals surface area contributed by atoms with Crippen LogP contribution in [0.25, 0.3) is 0 Å². The minimum absolute atomic E-state index is 0.0387. The van der Waals surface area contributed by atoms with Gasteiger partial charge in [-0.2, -0.15) is 9.97 Å². The highest BCUT2D eigenvalue weighted by molar-refractivity contribution is 7.54. The van der Waals surface area contributed by atoms with Crippen LogP contribution in [0.15, 0.2) is 54.6 Å². The summed E-state index contributed by atoms with van der Waals surface area (Å²) < 4.78 is 51.3. The number of benzene rings is 2. The number of ether oxygens (including phenoxy) is 5. The molecule has 13 heteroatoms. The number of hydrogen-bond donors (Lipinski definition) is 1. The van der Waals surface area contributed by atoms with Crippen LogP contribution in [0, 0.1) is 0 Å². The molecule has 0 radical (unpaired) electrons. The van der Waals surface area contributed by atoms with Crippen LogP contribution in [0.2, 0.25) is 0 Å². The monoisotopic (exact) mass is 561 g/mol. The third kappa shape index (κ3) is 8.31. The zero-order chi connectivity index (χ0) is 28.3. The fraction of sp³-hybridized carbons (Fsp3) is 0.346. The van der Waals surface area contributed by atoms with Crippen molar-refractivity contribution < 1.29 is 42.1 Å². The molecule has 1 aromatic heterocycles.